The van der Waals surface area contributed by atoms with Crippen LogP contribution < -0.4 is 9.64 Å². The minimum Gasteiger partial charge on any atom is -0.467 e. The van der Waals surface area contributed by atoms with Crippen LogP contribution in [0.3, 0.4) is 0 Å². The fraction of sp³-hybridized carbons (Fsp3) is 0.250. The summed E-state index contributed by atoms with van der Waals surface area (Å²) in [6.45, 7) is 15.2. The largest absolute Gasteiger partial charge is 0.467 e. The zero-order valence-corrected chi connectivity index (χ0v) is 25.5. The van der Waals surface area contributed by atoms with E-state index in [-0.39, 0.29) is 0 Å². The topological polar surface area (TPSA) is 51.1 Å². The van der Waals surface area contributed by atoms with Gasteiger partial charge in [0.25, 0.3) is 0 Å². The highest BCUT2D eigenvalue weighted by Crippen LogP contribution is 2.40. The van der Waals surface area contributed by atoms with E-state index in [4.69, 9.17) is 9.72 Å². The summed E-state index contributed by atoms with van der Waals surface area (Å²) < 4.78 is 5.49. The van der Waals surface area contributed by atoms with E-state index in [2.05, 4.69) is 107 Å². The number of benzene rings is 4. The van der Waals surface area contributed by atoms with Gasteiger partial charge in [-0.1, -0.05) is 60.2 Å². The molecule has 5 aromatic rings. The molecule has 41 heavy (non-hydrogen) atoms. The molecular weight excluding hydrogens is 504 g/mol. The lowest BCUT2D eigenvalue weighted by Gasteiger charge is -2.28. The van der Waals surface area contributed by atoms with Crippen molar-refractivity contribution in [2.24, 2.45) is 0 Å². The highest BCUT2D eigenvalue weighted by atomic mass is 16.5. The first kappa shape index (κ1) is 28.0. The fourth-order valence-corrected chi connectivity index (χ4v) is 6.02. The van der Waals surface area contributed by atoms with E-state index < -0.39 is 0 Å². The molecule has 0 aliphatic heterocycles. The van der Waals surface area contributed by atoms with E-state index >= 15 is 0 Å². The molecule has 1 aromatic heterocycles. The zero-order valence-electron chi connectivity index (χ0n) is 25.5. The van der Waals surface area contributed by atoms with Crippen LogP contribution in [-0.4, -0.2) is 29.1 Å². The van der Waals surface area contributed by atoms with Crippen molar-refractivity contribution in [3.8, 4) is 39.9 Å². The second-order valence-corrected chi connectivity index (χ2v) is 10.9. The number of nitrogens with zero attached hydrogens (tertiary/aromatic N) is 4. The van der Waals surface area contributed by atoms with E-state index in [9.17, 15) is 0 Å². The summed E-state index contributed by atoms with van der Waals surface area (Å²) in [6.07, 6.45) is 0. The molecule has 4 aromatic carbocycles. The van der Waals surface area contributed by atoms with Gasteiger partial charge in [-0.25, -0.2) is 4.98 Å². The second kappa shape index (κ2) is 11.2. The molecule has 0 bridgehead atoms. The third-order valence-corrected chi connectivity index (χ3v) is 8.19. The summed E-state index contributed by atoms with van der Waals surface area (Å²) in [4.78, 5) is 16.4. The quantitative estimate of drug-likeness (QED) is 0.215. The predicted molar refractivity (Wildman–Crippen MR) is 170 cm³/mol. The predicted octanol–water partition coefficient (Wildman–Crippen LogP) is 8.81. The highest BCUT2D eigenvalue weighted by molar-refractivity contribution is 5.81. The first-order valence-corrected chi connectivity index (χ1v) is 14.0. The Morgan fingerprint density at radius 3 is 1.71 bits per heavy atom. The summed E-state index contributed by atoms with van der Waals surface area (Å²) in [6, 6.07) is 23.7. The monoisotopic (exact) mass is 542 g/mol. The molecule has 5 heteroatoms. The van der Waals surface area contributed by atoms with Crippen LogP contribution in [0.15, 0.2) is 66.7 Å². The van der Waals surface area contributed by atoms with Gasteiger partial charge in [-0.2, -0.15) is 9.97 Å². The third-order valence-electron chi connectivity index (χ3n) is 8.19. The minimum absolute atomic E-state index is 0.309. The van der Waals surface area contributed by atoms with Crippen molar-refractivity contribution in [2.45, 2.75) is 48.5 Å². The highest BCUT2D eigenvalue weighted by Gasteiger charge is 2.22. The van der Waals surface area contributed by atoms with E-state index in [0.717, 1.165) is 27.9 Å². The second-order valence-electron chi connectivity index (χ2n) is 10.9. The van der Waals surface area contributed by atoms with Gasteiger partial charge in [0.1, 0.15) is 0 Å². The number of aromatic nitrogens is 3. The van der Waals surface area contributed by atoms with Crippen LogP contribution >= 0.6 is 0 Å². The van der Waals surface area contributed by atoms with Gasteiger partial charge >= 0.3 is 6.01 Å². The molecule has 208 valence electrons. The lowest BCUT2D eigenvalue weighted by Crippen LogP contribution is -2.15. The molecule has 0 amide bonds. The Bertz CT molecular complexity index is 1690. The number of methoxy groups -OCH3 is 1. The van der Waals surface area contributed by atoms with Crippen LogP contribution in [0.2, 0.25) is 0 Å². The Hall–Kier alpha value is -4.51. The van der Waals surface area contributed by atoms with Crippen LogP contribution in [0.5, 0.6) is 6.01 Å². The van der Waals surface area contributed by atoms with Gasteiger partial charge < -0.3 is 9.64 Å². The molecule has 0 aliphatic carbocycles. The Kier molecular flexibility index (Phi) is 7.63. The van der Waals surface area contributed by atoms with Crippen molar-refractivity contribution >= 4 is 11.4 Å². The van der Waals surface area contributed by atoms with Crippen molar-refractivity contribution in [1.29, 1.82) is 0 Å². The van der Waals surface area contributed by atoms with E-state index in [1.807, 2.05) is 30.3 Å². The Balaban J connectivity index is 1.56. The molecule has 0 fully saturated rings. The summed E-state index contributed by atoms with van der Waals surface area (Å²) in [7, 11) is 3.74. The zero-order chi connectivity index (χ0) is 29.4. The van der Waals surface area contributed by atoms with E-state index in [1.165, 1.54) is 44.6 Å². The van der Waals surface area contributed by atoms with Gasteiger partial charge in [-0.3, -0.25) is 0 Å². The van der Waals surface area contributed by atoms with Crippen molar-refractivity contribution in [1.82, 2.24) is 15.0 Å². The molecular formula is C36H38N4O. The normalized spacial score (nSPS) is 11.0. The SMILES string of the molecule is COc1nc(-c2ccccc2)nc(-c2c(C)c(C)c(N(C)c3ccc(-c4c(C)cc(C)cc4C)cc3)c(C)c2C)n1. The third kappa shape index (κ3) is 5.20. The molecule has 0 N–H and O–H groups in total. The van der Waals surface area contributed by atoms with Crippen LogP contribution in [0.1, 0.15) is 38.9 Å². The van der Waals surface area contributed by atoms with Crippen LogP contribution in [0, 0.1) is 48.5 Å². The van der Waals surface area contributed by atoms with Crippen LogP contribution in [0.25, 0.3) is 33.9 Å². The number of ether oxygens (including phenoxy) is 1. The molecule has 0 spiro atoms. The number of hydrogen-bond acceptors (Lipinski definition) is 5. The molecule has 0 saturated carbocycles. The summed E-state index contributed by atoms with van der Waals surface area (Å²) >= 11 is 0. The number of hydrogen-bond donors (Lipinski definition) is 0. The Morgan fingerprint density at radius 1 is 0.585 bits per heavy atom. The molecule has 0 aliphatic rings. The number of rotatable bonds is 6. The van der Waals surface area contributed by atoms with Crippen molar-refractivity contribution in [2.75, 3.05) is 19.1 Å². The first-order valence-electron chi connectivity index (χ1n) is 14.0. The maximum Gasteiger partial charge on any atom is 0.320 e. The Morgan fingerprint density at radius 2 is 1.15 bits per heavy atom. The molecule has 0 saturated heterocycles. The van der Waals surface area contributed by atoms with Crippen LogP contribution in [-0.2, 0) is 0 Å². The average molecular weight is 543 g/mol. The standard InChI is InChI=1S/C36H38N4O/c1-21-19-22(2)31(23(3)20-21)28-15-17-30(18-16-28)40(8)33-26(6)24(4)32(25(5)27(33)7)35-37-34(38-36(39-35)41-9)29-13-11-10-12-14-29/h10-20H,1-9H3. The molecule has 0 atom stereocenters. The minimum atomic E-state index is 0.309. The summed E-state index contributed by atoms with van der Waals surface area (Å²) in [5, 5.41) is 0. The van der Waals surface area contributed by atoms with E-state index in [0.29, 0.717) is 17.7 Å². The maximum absolute atomic E-state index is 5.49. The van der Waals surface area contributed by atoms with Gasteiger partial charge in [0.15, 0.2) is 11.6 Å². The lowest BCUT2D eigenvalue weighted by atomic mass is 9.90. The summed E-state index contributed by atoms with van der Waals surface area (Å²) in [5.74, 6) is 1.22. The fourth-order valence-electron chi connectivity index (χ4n) is 6.02. The molecule has 5 nitrogen and oxygen atoms in total. The number of anilines is 2. The van der Waals surface area contributed by atoms with E-state index in [1.54, 1.807) is 7.11 Å². The van der Waals surface area contributed by atoms with Gasteiger partial charge in [0.2, 0.25) is 0 Å². The van der Waals surface area contributed by atoms with Crippen molar-refractivity contribution < 1.29 is 4.74 Å². The van der Waals surface area contributed by atoms with Gasteiger partial charge in [-0.05, 0) is 105 Å². The molecule has 1 heterocycles. The lowest BCUT2D eigenvalue weighted by molar-refractivity contribution is 0.379. The molecule has 0 unspecified atom stereocenters. The maximum atomic E-state index is 5.49. The van der Waals surface area contributed by atoms with Crippen molar-refractivity contribution in [3.05, 3.63) is 106 Å². The Labute approximate surface area is 243 Å². The van der Waals surface area contributed by atoms with Crippen LogP contribution in [0.4, 0.5) is 11.4 Å². The number of aryl methyl sites for hydroxylation is 3. The van der Waals surface area contributed by atoms with Crippen molar-refractivity contribution in [3.63, 3.8) is 0 Å². The van der Waals surface area contributed by atoms with Gasteiger partial charge in [0.05, 0.1) is 7.11 Å². The summed E-state index contributed by atoms with van der Waals surface area (Å²) in [5.41, 5.74) is 15.4. The first-order chi connectivity index (χ1) is 19.6. The smallest absolute Gasteiger partial charge is 0.320 e. The molecule has 5 rings (SSSR count). The average Bonchev–Trinajstić information content (AvgIpc) is 2.96. The van der Waals surface area contributed by atoms with Gasteiger partial charge in [0, 0.05) is 29.5 Å². The van der Waals surface area contributed by atoms with Gasteiger partial charge in [-0.15, -0.1) is 0 Å². The molecule has 0 radical (unpaired) electrons.